The third-order valence-electron chi connectivity index (χ3n) is 3.83. The zero-order valence-corrected chi connectivity index (χ0v) is 16.8. The van der Waals surface area contributed by atoms with Crippen molar-refractivity contribution in [2.75, 3.05) is 13.6 Å². The average molecular weight is 421 g/mol. The molecule has 0 fully saturated rings. The van der Waals surface area contributed by atoms with Crippen LogP contribution in [0.3, 0.4) is 0 Å². The third-order valence-corrected chi connectivity index (χ3v) is 4.76. The fourth-order valence-corrected chi connectivity index (χ4v) is 2.77. The predicted molar refractivity (Wildman–Crippen MR) is 105 cm³/mol. The number of ether oxygens (including phenoxy) is 2. The summed E-state index contributed by atoms with van der Waals surface area (Å²) in [6.07, 6.45) is 1.30. The van der Waals surface area contributed by atoms with Crippen LogP contribution in [0.1, 0.15) is 24.0 Å². The van der Waals surface area contributed by atoms with E-state index in [0.29, 0.717) is 12.8 Å². The minimum atomic E-state index is -4.01. The van der Waals surface area contributed by atoms with E-state index in [-0.39, 0.29) is 12.8 Å². The zero-order valence-electron chi connectivity index (χ0n) is 15.9. The van der Waals surface area contributed by atoms with Crippen LogP contribution < -0.4 is 5.50 Å². The second-order valence-corrected chi connectivity index (χ2v) is 7.63. The highest BCUT2D eigenvalue weighted by atomic mass is 31.2. The Kier molecular flexibility index (Phi) is 9.53. The second kappa shape index (κ2) is 12.1. The number of carbonyl (C=O) groups excluding carboxylic acids is 2. The monoisotopic (exact) mass is 421 g/mol. The van der Waals surface area contributed by atoms with E-state index < -0.39 is 33.3 Å². The van der Waals surface area contributed by atoms with Crippen LogP contribution in [0.2, 0.25) is 0 Å². The first kappa shape index (κ1) is 22.8. The zero-order chi connectivity index (χ0) is 21.0. The molecular formula is C20H24NO7P. The van der Waals surface area contributed by atoms with Crippen molar-refractivity contribution in [2.24, 2.45) is 5.50 Å². The Hall–Kier alpha value is -2.51. The van der Waals surface area contributed by atoms with Crippen molar-refractivity contribution in [1.29, 1.82) is 0 Å². The van der Waals surface area contributed by atoms with Crippen molar-refractivity contribution in [2.45, 2.75) is 25.7 Å². The van der Waals surface area contributed by atoms with Crippen molar-refractivity contribution in [3.05, 3.63) is 71.8 Å². The van der Waals surface area contributed by atoms with Crippen molar-refractivity contribution in [3.63, 3.8) is 0 Å². The van der Waals surface area contributed by atoms with Gasteiger partial charge in [-0.05, 0) is 24.0 Å². The molecule has 0 aliphatic rings. The summed E-state index contributed by atoms with van der Waals surface area (Å²) in [4.78, 5) is 23.3. The van der Waals surface area contributed by atoms with Gasteiger partial charge in [0.15, 0.2) is 0 Å². The van der Waals surface area contributed by atoms with Crippen molar-refractivity contribution in [1.82, 2.24) is 0 Å². The Morgan fingerprint density at radius 1 is 0.724 bits per heavy atom. The molecule has 2 aromatic rings. The van der Waals surface area contributed by atoms with E-state index in [1.807, 2.05) is 60.7 Å². The number of nitrogens with two attached hydrogens (primary N) is 1. The van der Waals surface area contributed by atoms with E-state index >= 15 is 0 Å². The molecule has 0 atom stereocenters. The Bertz CT molecular complexity index is 749. The van der Waals surface area contributed by atoms with E-state index in [1.54, 1.807) is 0 Å². The van der Waals surface area contributed by atoms with Gasteiger partial charge in [-0.3, -0.25) is 18.6 Å². The standard InChI is InChI=1S/C20H24NO7P/c21-29(24,27-15-25-19(22)13-11-17-7-3-1-4-8-17)28-16-26-20(23)14-12-18-9-5-2-6-10-18/h1-10H,11-16H2,(H2,21,24). The maximum atomic E-state index is 11.9. The molecule has 2 N–H and O–H groups in total. The molecule has 0 aliphatic carbocycles. The first-order valence-electron chi connectivity index (χ1n) is 9.01. The lowest BCUT2D eigenvalue weighted by Gasteiger charge is -2.13. The van der Waals surface area contributed by atoms with Gasteiger partial charge in [-0.2, -0.15) is 0 Å². The summed E-state index contributed by atoms with van der Waals surface area (Å²) >= 11 is 0. The number of hydrogen-bond acceptors (Lipinski definition) is 7. The maximum Gasteiger partial charge on any atom is 0.408 e. The molecule has 0 bridgehead atoms. The van der Waals surface area contributed by atoms with Gasteiger partial charge in [-0.1, -0.05) is 60.7 Å². The highest BCUT2D eigenvalue weighted by Gasteiger charge is 2.20. The molecule has 2 rings (SSSR count). The van der Waals surface area contributed by atoms with E-state index in [4.69, 9.17) is 24.0 Å². The maximum absolute atomic E-state index is 11.9. The van der Waals surface area contributed by atoms with Crippen molar-refractivity contribution in [3.8, 4) is 0 Å². The average Bonchev–Trinajstić information content (AvgIpc) is 2.72. The molecular weight excluding hydrogens is 397 g/mol. The van der Waals surface area contributed by atoms with Crippen LogP contribution >= 0.6 is 7.75 Å². The number of hydrogen-bond donors (Lipinski definition) is 1. The van der Waals surface area contributed by atoms with Gasteiger partial charge in [0.1, 0.15) is 0 Å². The number of rotatable bonds is 12. The van der Waals surface area contributed by atoms with Gasteiger partial charge in [-0.15, -0.1) is 0 Å². The minimum Gasteiger partial charge on any atom is -0.438 e. The molecule has 156 valence electrons. The minimum absolute atomic E-state index is 0.141. The smallest absolute Gasteiger partial charge is 0.408 e. The lowest BCUT2D eigenvalue weighted by atomic mass is 10.1. The third kappa shape index (κ3) is 10.0. The molecule has 29 heavy (non-hydrogen) atoms. The van der Waals surface area contributed by atoms with E-state index in [1.165, 1.54) is 0 Å². The summed E-state index contributed by atoms with van der Waals surface area (Å²) in [6, 6.07) is 18.9. The van der Waals surface area contributed by atoms with E-state index in [0.717, 1.165) is 11.1 Å². The SMILES string of the molecule is NP(=O)(OCOC(=O)CCc1ccccc1)OCOC(=O)CCc1ccccc1. The highest BCUT2D eigenvalue weighted by molar-refractivity contribution is 7.51. The molecule has 9 heteroatoms. The largest absolute Gasteiger partial charge is 0.438 e. The van der Waals surface area contributed by atoms with Gasteiger partial charge in [-0.25, -0.2) is 10.1 Å². The Morgan fingerprint density at radius 3 is 1.48 bits per heavy atom. The van der Waals surface area contributed by atoms with Gasteiger partial charge in [0.05, 0.1) is 0 Å². The van der Waals surface area contributed by atoms with Crippen LogP contribution in [-0.4, -0.2) is 25.5 Å². The Labute approximate surface area is 169 Å². The quantitative estimate of drug-likeness (QED) is 0.315. The molecule has 0 saturated heterocycles. The van der Waals surface area contributed by atoms with Gasteiger partial charge in [0, 0.05) is 12.8 Å². The molecule has 0 aromatic heterocycles. The van der Waals surface area contributed by atoms with Crippen LogP contribution in [0.4, 0.5) is 0 Å². The molecule has 2 aromatic carbocycles. The molecule has 0 saturated carbocycles. The summed E-state index contributed by atoms with van der Waals surface area (Å²) in [5.74, 6) is -1.05. The summed E-state index contributed by atoms with van der Waals surface area (Å²) in [6.45, 7) is -1.24. The fourth-order valence-electron chi connectivity index (χ4n) is 2.29. The molecule has 0 spiro atoms. The molecule has 0 unspecified atom stereocenters. The van der Waals surface area contributed by atoms with Crippen molar-refractivity contribution < 1.29 is 32.7 Å². The lowest BCUT2D eigenvalue weighted by molar-refractivity contribution is -0.152. The summed E-state index contributed by atoms with van der Waals surface area (Å²) < 4.78 is 31.0. The fraction of sp³-hybridized carbons (Fsp3) is 0.300. The first-order valence-corrected chi connectivity index (χ1v) is 10.6. The molecule has 8 nitrogen and oxygen atoms in total. The van der Waals surface area contributed by atoms with E-state index in [2.05, 4.69) is 0 Å². The molecule has 0 heterocycles. The van der Waals surface area contributed by atoms with Crippen LogP contribution in [0.25, 0.3) is 0 Å². The molecule has 0 amide bonds. The second-order valence-electron chi connectivity index (χ2n) is 6.04. The first-order chi connectivity index (χ1) is 13.9. The van der Waals surface area contributed by atoms with Crippen LogP contribution in [0.15, 0.2) is 60.7 Å². The predicted octanol–water partition coefficient (Wildman–Crippen LogP) is 3.35. The van der Waals surface area contributed by atoms with Gasteiger partial charge >= 0.3 is 19.7 Å². The van der Waals surface area contributed by atoms with Crippen molar-refractivity contribution >= 4 is 19.7 Å². The number of aryl methyl sites for hydroxylation is 2. The van der Waals surface area contributed by atoms with Gasteiger partial charge < -0.3 is 9.47 Å². The summed E-state index contributed by atoms with van der Waals surface area (Å²) in [7, 11) is -4.01. The topological polar surface area (TPSA) is 114 Å². The van der Waals surface area contributed by atoms with Gasteiger partial charge in [0.2, 0.25) is 13.6 Å². The van der Waals surface area contributed by atoms with E-state index in [9.17, 15) is 14.2 Å². The van der Waals surface area contributed by atoms with Crippen LogP contribution in [0.5, 0.6) is 0 Å². The summed E-state index contributed by atoms with van der Waals surface area (Å²) in [5.41, 5.74) is 7.33. The Morgan fingerprint density at radius 2 is 1.10 bits per heavy atom. The number of carbonyl (C=O) groups is 2. The highest BCUT2D eigenvalue weighted by Crippen LogP contribution is 2.38. The number of esters is 2. The lowest BCUT2D eigenvalue weighted by Crippen LogP contribution is -2.14. The number of benzene rings is 2. The van der Waals surface area contributed by atoms with Gasteiger partial charge in [0.25, 0.3) is 0 Å². The Balaban J connectivity index is 1.56. The van der Waals surface area contributed by atoms with Crippen LogP contribution in [0, 0.1) is 0 Å². The molecule has 0 radical (unpaired) electrons. The molecule has 0 aliphatic heterocycles. The summed E-state index contributed by atoms with van der Waals surface area (Å²) in [5, 5.41) is 0. The van der Waals surface area contributed by atoms with Crippen LogP contribution in [-0.2, 0) is 45.5 Å². The normalized spacial score (nSPS) is 11.1.